The molecule has 2 aromatic carbocycles. The second kappa shape index (κ2) is 6.78. The number of halogens is 1. The third kappa shape index (κ3) is 4.52. The molecule has 0 aliphatic carbocycles. The molecule has 0 radical (unpaired) electrons. The lowest BCUT2D eigenvalue weighted by molar-refractivity contribution is -0.113. The van der Waals surface area contributed by atoms with E-state index in [1.165, 1.54) is 0 Å². The van der Waals surface area contributed by atoms with Crippen molar-refractivity contribution < 1.29 is 17.9 Å². The first-order valence-corrected chi connectivity index (χ1v) is 9.59. The summed E-state index contributed by atoms with van der Waals surface area (Å²) in [6, 6.07) is 11.6. The number of anilines is 2. The van der Waals surface area contributed by atoms with Crippen molar-refractivity contribution in [1.29, 1.82) is 0 Å². The van der Waals surface area contributed by atoms with Crippen molar-refractivity contribution in [3.63, 3.8) is 0 Å². The van der Waals surface area contributed by atoms with E-state index in [-0.39, 0.29) is 12.5 Å². The molecule has 0 aromatic heterocycles. The Morgan fingerprint density at radius 1 is 1.12 bits per heavy atom. The largest absolute Gasteiger partial charge is 0.488 e. The van der Waals surface area contributed by atoms with E-state index in [1.54, 1.807) is 48.5 Å². The highest BCUT2D eigenvalue weighted by molar-refractivity contribution is 7.92. The van der Waals surface area contributed by atoms with Crippen molar-refractivity contribution in [3.05, 3.63) is 58.6 Å². The number of sulfonamides is 1. The van der Waals surface area contributed by atoms with Gasteiger partial charge in [0.05, 0.1) is 11.8 Å². The van der Waals surface area contributed by atoms with E-state index in [2.05, 4.69) is 10.0 Å². The minimum Gasteiger partial charge on any atom is -0.488 e. The van der Waals surface area contributed by atoms with Crippen molar-refractivity contribution in [2.45, 2.75) is 0 Å². The molecule has 0 fully saturated rings. The zero-order valence-electron chi connectivity index (χ0n) is 13.2. The van der Waals surface area contributed by atoms with Gasteiger partial charge in [0.1, 0.15) is 12.4 Å². The highest BCUT2D eigenvalue weighted by Crippen LogP contribution is 2.29. The Kier molecular flexibility index (Phi) is 4.69. The molecule has 0 atom stereocenters. The number of nitrogens with one attached hydrogen (secondary N) is 2. The van der Waals surface area contributed by atoms with Gasteiger partial charge in [-0.05, 0) is 48.5 Å². The number of benzene rings is 2. The van der Waals surface area contributed by atoms with Crippen LogP contribution in [-0.4, -0.2) is 27.2 Å². The summed E-state index contributed by atoms with van der Waals surface area (Å²) in [5.41, 5.74) is 2.18. The average molecular weight is 379 g/mol. The fourth-order valence-corrected chi connectivity index (χ4v) is 3.07. The van der Waals surface area contributed by atoms with Crippen LogP contribution in [0.25, 0.3) is 6.08 Å². The van der Waals surface area contributed by atoms with Crippen LogP contribution in [0.4, 0.5) is 11.4 Å². The van der Waals surface area contributed by atoms with Crippen LogP contribution in [0.1, 0.15) is 5.56 Å². The van der Waals surface area contributed by atoms with Crippen LogP contribution in [0.15, 0.2) is 48.0 Å². The fraction of sp³-hybridized carbons (Fsp3) is 0.118. The SMILES string of the molecule is CS(=O)(=O)Nc1ccc(NC(=O)C2=Cc3cc(Cl)ccc3OC2)cc1. The van der Waals surface area contributed by atoms with Gasteiger partial charge < -0.3 is 10.1 Å². The van der Waals surface area contributed by atoms with Crippen molar-refractivity contribution in [1.82, 2.24) is 0 Å². The lowest BCUT2D eigenvalue weighted by atomic mass is 10.1. The summed E-state index contributed by atoms with van der Waals surface area (Å²) in [7, 11) is -3.34. The number of ether oxygens (including phenoxy) is 1. The molecule has 6 nitrogen and oxygen atoms in total. The van der Waals surface area contributed by atoms with E-state index >= 15 is 0 Å². The lowest BCUT2D eigenvalue weighted by Crippen LogP contribution is -2.21. The zero-order valence-corrected chi connectivity index (χ0v) is 14.8. The Morgan fingerprint density at radius 2 is 1.80 bits per heavy atom. The molecule has 8 heteroatoms. The predicted molar refractivity (Wildman–Crippen MR) is 98.5 cm³/mol. The van der Waals surface area contributed by atoms with E-state index in [1.807, 2.05) is 0 Å². The van der Waals surface area contributed by atoms with E-state index < -0.39 is 10.0 Å². The number of carbonyl (C=O) groups is 1. The molecule has 0 bridgehead atoms. The predicted octanol–water partition coefficient (Wildman–Crippen LogP) is 3.13. The number of hydrogen-bond donors (Lipinski definition) is 2. The molecule has 0 unspecified atom stereocenters. The lowest BCUT2D eigenvalue weighted by Gasteiger charge is -2.18. The molecule has 2 N–H and O–H groups in total. The first kappa shape index (κ1) is 17.3. The molecule has 1 aliphatic heterocycles. The van der Waals surface area contributed by atoms with Crippen LogP contribution >= 0.6 is 11.6 Å². The third-order valence-corrected chi connectivity index (χ3v) is 4.26. The van der Waals surface area contributed by atoms with Crippen LogP contribution in [0, 0.1) is 0 Å². The monoisotopic (exact) mass is 378 g/mol. The van der Waals surface area contributed by atoms with Crippen molar-refractivity contribution in [2.75, 3.05) is 22.9 Å². The zero-order chi connectivity index (χ0) is 18.0. The van der Waals surface area contributed by atoms with Crippen molar-refractivity contribution in [2.24, 2.45) is 0 Å². The van der Waals surface area contributed by atoms with Gasteiger partial charge in [-0.25, -0.2) is 8.42 Å². The van der Waals surface area contributed by atoms with Gasteiger partial charge in [0.15, 0.2) is 0 Å². The van der Waals surface area contributed by atoms with Crippen LogP contribution in [-0.2, 0) is 14.8 Å². The maximum atomic E-state index is 12.4. The standard InChI is InChI=1S/C17H15ClN2O4S/c1-25(22,23)20-15-5-3-14(4-6-15)19-17(21)12-8-11-9-13(18)2-7-16(11)24-10-12/h2-9,20H,10H2,1H3,(H,19,21). The fourth-order valence-electron chi connectivity index (χ4n) is 2.33. The number of amides is 1. The third-order valence-electron chi connectivity index (χ3n) is 3.42. The summed E-state index contributed by atoms with van der Waals surface area (Å²) in [6.07, 6.45) is 2.81. The van der Waals surface area contributed by atoms with Gasteiger partial charge >= 0.3 is 0 Å². The topological polar surface area (TPSA) is 84.5 Å². The maximum Gasteiger partial charge on any atom is 0.255 e. The average Bonchev–Trinajstić information content (AvgIpc) is 2.54. The Morgan fingerprint density at radius 3 is 2.48 bits per heavy atom. The maximum absolute atomic E-state index is 12.4. The first-order valence-electron chi connectivity index (χ1n) is 7.32. The molecule has 0 saturated heterocycles. The number of carbonyl (C=O) groups excluding carboxylic acids is 1. The van der Waals surface area contributed by atoms with Crippen molar-refractivity contribution >= 4 is 45.0 Å². The van der Waals surface area contributed by atoms with Crippen LogP contribution in [0.3, 0.4) is 0 Å². The minimum atomic E-state index is -3.34. The van der Waals surface area contributed by atoms with Crippen LogP contribution in [0.2, 0.25) is 5.02 Å². The normalized spacial score (nSPS) is 13.3. The molecule has 130 valence electrons. The van der Waals surface area contributed by atoms with Gasteiger partial charge in [-0.15, -0.1) is 0 Å². The Bertz CT molecular complexity index is 953. The van der Waals surface area contributed by atoms with Gasteiger partial charge in [0, 0.05) is 22.0 Å². The molecule has 0 saturated carbocycles. The molecule has 0 spiro atoms. The highest BCUT2D eigenvalue weighted by atomic mass is 35.5. The first-order chi connectivity index (χ1) is 11.8. The van der Waals surface area contributed by atoms with Crippen LogP contribution in [0.5, 0.6) is 5.75 Å². The number of fused-ring (bicyclic) bond motifs is 1. The molecule has 1 heterocycles. The van der Waals surface area contributed by atoms with Gasteiger partial charge in [-0.1, -0.05) is 11.6 Å². The summed E-state index contributed by atoms with van der Waals surface area (Å²) < 4.78 is 30.3. The minimum absolute atomic E-state index is 0.161. The Hall–Kier alpha value is -2.51. The molecule has 1 aliphatic rings. The van der Waals surface area contributed by atoms with E-state index in [9.17, 15) is 13.2 Å². The molecular formula is C17H15ClN2O4S. The molecular weight excluding hydrogens is 364 g/mol. The molecule has 25 heavy (non-hydrogen) atoms. The van der Waals surface area contributed by atoms with Gasteiger partial charge in [0.25, 0.3) is 5.91 Å². The highest BCUT2D eigenvalue weighted by Gasteiger charge is 2.17. The summed E-state index contributed by atoms with van der Waals surface area (Å²) >= 11 is 5.96. The second-order valence-electron chi connectivity index (χ2n) is 5.55. The molecule has 2 aromatic rings. The van der Waals surface area contributed by atoms with Crippen molar-refractivity contribution in [3.8, 4) is 5.75 Å². The smallest absolute Gasteiger partial charge is 0.255 e. The van der Waals surface area contributed by atoms with Gasteiger partial charge in [-0.3, -0.25) is 9.52 Å². The quantitative estimate of drug-likeness (QED) is 0.856. The Labute approximate surface area is 150 Å². The summed E-state index contributed by atoms with van der Waals surface area (Å²) in [5, 5.41) is 3.31. The summed E-state index contributed by atoms with van der Waals surface area (Å²) in [5.74, 6) is 0.381. The molecule has 3 rings (SSSR count). The van der Waals surface area contributed by atoms with Crippen LogP contribution < -0.4 is 14.8 Å². The summed E-state index contributed by atoms with van der Waals surface area (Å²) in [4.78, 5) is 12.4. The Balaban J connectivity index is 1.72. The number of rotatable bonds is 4. The molecule has 1 amide bonds. The second-order valence-corrected chi connectivity index (χ2v) is 7.73. The van der Waals surface area contributed by atoms with Gasteiger partial charge in [0.2, 0.25) is 10.0 Å². The van der Waals surface area contributed by atoms with E-state index in [0.29, 0.717) is 27.7 Å². The van der Waals surface area contributed by atoms with E-state index in [4.69, 9.17) is 16.3 Å². The van der Waals surface area contributed by atoms with Gasteiger partial charge in [-0.2, -0.15) is 0 Å². The summed E-state index contributed by atoms with van der Waals surface area (Å²) in [6.45, 7) is 0.161. The van der Waals surface area contributed by atoms with E-state index in [0.717, 1.165) is 11.8 Å². The number of hydrogen-bond acceptors (Lipinski definition) is 4.